The molecule has 1 aliphatic carbocycles. The van der Waals surface area contributed by atoms with Crippen LogP contribution in [0.4, 0.5) is 0 Å². The van der Waals surface area contributed by atoms with Gasteiger partial charge >= 0.3 is 0 Å². The number of aromatic nitrogens is 2. The van der Waals surface area contributed by atoms with Crippen LogP contribution in [-0.4, -0.2) is 40.0 Å². The Morgan fingerprint density at radius 3 is 2.66 bits per heavy atom. The fourth-order valence-electron chi connectivity index (χ4n) is 4.35. The van der Waals surface area contributed by atoms with Crippen molar-refractivity contribution in [2.45, 2.75) is 52.1 Å². The lowest BCUT2D eigenvalue weighted by atomic mass is 9.69. The molecule has 8 nitrogen and oxygen atoms in total. The van der Waals surface area contributed by atoms with Crippen LogP contribution < -0.4 is 4.74 Å². The molecule has 170 valence electrons. The van der Waals surface area contributed by atoms with Crippen LogP contribution in [0, 0.1) is 5.41 Å². The average molecular weight is 440 g/mol. The molecular formula is C24H29N3O5. The zero-order valence-electron chi connectivity index (χ0n) is 18.7. The number of phenolic OH excluding ortho intramolecular Hbond substituents is 1. The summed E-state index contributed by atoms with van der Waals surface area (Å²) in [5, 5.41) is 32.1. The van der Waals surface area contributed by atoms with Crippen LogP contribution in [-0.2, 0) is 11.4 Å². The molecular weight excluding hydrogens is 410 g/mol. The number of benzene rings is 2. The topological polar surface area (TPSA) is 110 Å². The van der Waals surface area contributed by atoms with Crippen molar-refractivity contribution in [1.29, 1.82) is 0 Å². The fourth-order valence-corrected chi connectivity index (χ4v) is 4.35. The predicted molar refractivity (Wildman–Crippen MR) is 120 cm³/mol. The van der Waals surface area contributed by atoms with E-state index in [1.807, 2.05) is 31.2 Å². The molecule has 1 aromatic heterocycles. The van der Waals surface area contributed by atoms with Crippen molar-refractivity contribution < 1.29 is 24.4 Å². The number of rotatable bonds is 7. The number of phenols is 1. The summed E-state index contributed by atoms with van der Waals surface area (Å²) in [6, 6.07) is 9.17. The van der Waals surface area contributed by atoms with Gasteiger partial charge < -0.3 is 19.8 Å². The third-order valence-electron chi connectivity index (χ3n) is 6.51. The number of hydrogen-bond acceptors (Lipinski definition) is 8. The summed E-state index contributed by atoms with van der Waals surface area (Å²) in [6.07, 6.45) is 3.81. The molecule has 4 rings (SSSR count). The Balaban J connectivity index is 1.54. The summed E-state index contributed by atoms with van der Waals surface area (Å²) < 4.78 is 10.1. The molecule has 3 aromatic rings. The molecule has 0 atom stereocenters. The van der Waals surface area contributed by atoms with Gasteiger partial charge in [0.05, 0.1) is 12.8 Å². The van der Waals surface area contributed by atoms with Gasteiger partial charge in [0.15, 0.2) is 11.5 Å². The first-order valence-electron chi connectivity index (χ1n) is 10.8. The highest BCUT2D eigenvalue weighted by Crippen LogP contribution is 2.45. The van der Waals surface area contributed by atoms with Crippen LogP contribution in [0.1, 0.15) is 62.1 Å². The number of nitrogens with zero attached hydrogens (tertiary/aromatic N) is 3. The molecule has 0 amide bonds. The minimum absolute atomic E-state index is 0.0234. The Hall–Kier alpha value is -3.13. The lowest BCUT2D eigenvalue weighted by molar-refractivity contribution is 0.0934. The molecule has 0 unspecified atom stereocenters. The van der Waals surface area contributed by atoms with Crippen LogP contribution in [0.3, 0.4) is 0 Å². The van der Waals surface area contributed by atoms with Gasteiger partial charge in [0.1, 0.15) is 17.6 Å². The van der Waals surface area contributed by atoms with Gasteiger partial charge in [-0.25, -0.2) is 4.63 Å². The van der Waals surface area contributed by atoms with Gasteiger partial charge in [-0.15, -0.1) is 0 Å². The molecule has 0 aliphatic heterocycles. The Morgan fingerprint density at radius 2 is 1.94 bits per heavy atom. The van der Waals surface area contributed by atoms with Crippen molar-refractivity contribution in [3.05, 3.63) is 47.0 Å². The number of aliphatic hydroxyl groups excluding tert-OH is 1. The molecule has 32 heavy (non-hydrogen) atoms. The molecule has 2 aromatic carbocycles. The van der Waals surface area contributed by atoms with E-state index < -0.39 is 0 Å². The van der Waals surface area contributed by atoms with Gasteiger partial charge in [0, 0.05) is 12.2 Å². The van der Waals surface area contributed by atoms with E-state index in [0.29, 0.717) is 28.4 Å². The van der Waals surface area contributed by atoms with E-state index in [1.165, 1.54) is 0 Å². The monoisotopic (exact) mass is 439 g/mol. The van der Waals surface area contributed by atoms with Crippen LogP contribution in [0.25, 0.3) is 11.0 Å². The summed E-state index contributed by atoms with van der Waals surface area (Å²) >= 11 is 0. The highest BCUT2D eigenvalue weighted by molar-refractivity contribution is 6.00. The standard InChI is InChI=1S/C24H29N3O5/c1-15(25-31-13-16-4-5-20-21(10-16)27-32-26-20)18-11-22(29)23(30-3)12-19(18)17-6-8-24(2,14-28)9-7-17/h4-5,10-12,17,28-29H,6-9,13-14H2,1-3H3. The van der Waals surface area contributed by atoms with Gasteiger partial charge in [-0.1, -0.05) is 18.1 Å². The Kier molecular flexibility index (Phi) is 6.32. The second-order valence-electron chi connectivity index (χ2n) is 8.89. The first-order chi connectivity index (χ1) is 15.4. The number of aromatic hydroxyl groups is 1. The molecule has 0 bridgehead atoms. The maximum atomic E-state index is 10.4. The Bertz CT molecular complexity index is 1120. The molecule has 0 spiro atoms. The fraction of sp³-hybridized carbons (Fsp3) is 0.458. The van der Waals surface area contributed by atoms with E-state index >= 15 is 0 Å². The summed E-state index contributed by atoms with van der Waals surface area (Å²) in [6.45, 7) is 4.48. The molecule has 1 fully saturated rings. The molecule has 1 aliphatic rings. The molecule has 8 heteroatoms. The maximum absolute atomic E-state index is 10.4. The first kappa shape index (κ1) is 22.1. The third-order valence-corrected chi connectivity index (χ3v) is 6.51. The molecule has 1 saturated carbocycles. The van der Waals surface area contributed by atoms with Crippen molar-refractivity contribution in [3.8, 4) is 11.5 Å². The van der Waals surface area contributed by atoms with Crippen LogP contribution >= 0.6 is 0 Å². The molecule has 0 radical (unpaired) electrons. The number of ether oxygens (including phenoxy) is 1. The van der Waals surface area contributed by atoms with Crippen molar-refractivity contribution in [1.82, 2.24) is 10.3 Å². The molecule has 1 heterocycles. The smallest absolute Gasteiger partial charge is 0.160 e. The number of fused-ring (bicyclic) bond motifs is 1. The Morgan fingerprint density at radius 1 is 1.19 bits per heavy atom. The van der Waals surface area contributed by atoms with E-state index in [4.69, 9.17) is 14.2 Å². The second-order valence-corrected chi connectivity index (χ2v) is 8.89. The first-order valence-corrected chi connectivity index (χ1v) is 10.8. The number of hydrogen-bond donors (Lipinski definition) is 2. The third kappa shape index (κ3) is 4.55. The van der Waals surface area contributed by atoms with E-state index in [2.05, 4.69) is 22.4 Å². The van der Waals surface area contributed by atoms with Crippen LogP contribution in [0.5, 0.6) is 11.5 Å². The SMILES string of the molecule is COc1cc(C2CCC(C)(CO)CC2)c(C(C)=NOCc2ccc3nonc3c2)cc1O. The van der Waals surface area contributed by atoms with Crippen LogP contribution in [0.15, 0.2) is 40.1 Å². The van der Waals surface area contributed by atoms with Crippen molar-refractivity contribution >= 4 is 16.7 Å². The summed E-state index contributed by atoms with van der Waals surface area (Å²) in [5.41, 5.74) is 4.84. The lowest BCUT2D eigenvalue weighted by Gasteiger charge is -2.36. The van der Waals surface area contributed by atoms with E-state index in [9.17, 15) is 10.2 Å². The number of aliphatic hydroxyl groups is 1. The van der Waals surface area contributed by atoms with E-state index in [0.717, 1.165) is 42.4 Å². The highest BCUT2D eigenvalue weighted by atomic mass is 16.6. The lowest BCUT2D eigenvalue weighted by Crippen LogP contribution is -2.27. The summed E-state index contributed by atoms with van der Waals surface area (Å²) in [7, 11) is 1.55. The predicted octanol–water partition coefficient (Wildman–Crippen LogP) is 4.53. The zero-order chi connectivity index (χ0) is 22.7. The van der Waals surface area contributed by atoms with Crippen LogP contribution in [0.2, 0.25) is 0 Å². The van der Waals surface area contributed by atoms with Gasteiger partial charge in [-0.3, -0.25) is 0 Å². The largest absolute Gasteiger partial charge is 0.504 e. The number of methoxy groups -OCH3 is 1. The van der Waals surface area contributed by atoms with E-state index in [-0.39, 0.29) is 24.4 Å². The Labute approximate surface area is 186 Å². The van der Waals surface area contributed by atoms with Gasteiger partial charge in [0.25, 0.3) is 0 Å². The maximum Gasteiger partial charge on any atom is 0.160 e. The number of oxime groups is 1. The van der Waals surface area contributed by atoms with Gasteiger partial charge in [-0.05, 0) is 89.6 Å². The highest BCUT2D eigenvalue weighted by Gasteiger charge is 2.32. The van der Waals surface area contributed by atoms with Crippen molar-refractivity contribution in [2.24, 2.45) is 10.6 Å². The average Bonchev–Trinajstić information content (AvgIpc) is 3.27. The van der Waals surface area contributed by atoms with Gasteiger partial charge in [0.2, 0.25) is 0 Å². The summed E-state index contributed by atoms with van der Waals surface area (Å²) in [5.74, 6) is 0.814. The second kappa shape index (κ2) is 9.16. The zero-order valence-corrected chi connectivity index (χ0v) is 18.7. The minimum atomic E-state index is -0.0234. The quantitative estimate of drug-likeness (QED) is 0.411. The van der Waals surface area contributed by atoms with Crippen molar-refractivity contribution in [2.75, 3.05) is 13.7 Å². The molecule has 2 N–H and O–H groups in total. The van der Waals surface area contributed by atoms with Gasteiger partial charge in [-0.2, -0.15) is 0 Å². The molecule has 0 saturated heterocycles. The van der Waals surface area contributed by atoms with E-state index in [1.54, 1.807) is 13.2 Å². The van der Waals surface area contributed by atoms with Crippen molar-refractivity contribution in [3.63, 3.8) is 0 Å². The minimum Gasteiger partial charge on any atom is -0.504 e. The normalized spacial score (nSPS) is 21.6. The summed E-state index contributed by atoms with van der Waals surface area (Å²) in [4.78, 5) is 5.61.